The molecule has 0 fully saturated rings. The first-order valence-corrected chi connectivity index (χ1v) is 24.1. The Balaban J connectivity index is 1.22. The maximum Gasteiger partial charge on any atom is 0.333 e. The van der Waals surface area contributed by atoms with Crippen molar-refractivity contribution in [3.05, 3.63) is 197 Å². The van der Waals surface area contributed by atoms with Gasteiger partial charge in [-0.15, -0.1) is 0 Å². The lowest BCUT2D eigenvalue weighted by Gasteiger charge is -2.44. The van der Waals surface area contributed by atoms with Gasteiger partial charge in [0, 0.05) is 60.8 Å². The summed E-state index contributed by atoms with van der Waals surface area (Å²) in [5.74, 6) is 0. The average molecular weight is 849 g/mol. The van der Waals surface area contributed by atoms with Crippen LogP contribution in [0.4, 0.5) is 17.1 Å². The molecule has 0 radical (unpaired) electrons. The van der Waals surface area contributed by atoms with E-state index >= 15 is 0 Å². The van der Waals surface area contributed by atoms with Crippen LogP contribution in [-0.2, 0) is 21.7 Å². The molecule has 0 amide bonds. The summed E-state index contributed by atoms with van der Waals surface area (Å²) >= 11 is 0. The lowest BCUT2D eigenvalue weighted by molar-refractivity contribution is 0.590. The van der Waals surface area contributed by atoms with Gasteiger partial charge in [-0.2, -0.15) is 0 Å². The molecular formula is C63H53BN2. The van der Waals surface area contributed by atoms with Crippen molar-refractivity contribution in [2.45, 2.75) is 84.0 Å². The largest absolute Gasteiger partial charge is 0.375 e. The summed E-state index contributed by atoms with van der Waals surface area (Å²) in [5.41, 5.74) is 30.6. The van der Waals surface area contributed by atoms with E-state index in [2.05, 4.69) is 229 Å². The third kappa shape index (κ3) is 4.50. The predicted octanol–water partition coefficient (Wildman–Crippen LogP) is 14.9. The molecule has 0 saturated carbocycles. The van der Waals surface area contributed by atoms with Crippen LogP contribution >= 0.6 is 0 Å². The Bertz CT molecular complexity index is 3660. The maximum absolute atomic E-state index is 2.83. The van der Waals surface area contributed by atoms with E-state index in [1.54, 1.807) is 0 Å². The van der Waals surface area contributed by atoms with Crippen LogP contribution in [0.5, 0.6) is 0 Å². The second-order valence-electron chi connectivity index (χ2n) is 22.4. The Morgan fingerprint density at radius 2 is 1.06 bits per heavy atom. The zero-order valence-electron chi connectivity index (χ0n) is 39.5. The lowest BCUT2D eigenvalue weighted by Crippen LogP contribution is -2.57. The highest BCUT2D eigenvalue weighted by molar-refractivity contribution is 6.90. The van der Waals surface area contributed by atoms with Gasteiger partial charge in [-0.1, -0.05) is 202 Å². The number of benzene rings is 8. The summed E-state index contributed by atoms with van der Waals surface area (Å²) in [6.07, 6.45) is 0. The van der Waals surface area contributed by atoms with Gasteiger partial charge in [-0.3, -0.25) is 0 Å². The number of hydrogen-bond acceptors (Lipinski definition) is 1. The number of para-hydroxylation sites is 1. The fourth-order valence-corrected chi connectivity index (χ4v) is 13.8. The van der Waals surface area contributed by atoms with Crippen LogP contribution in [0.3, 0.4) is 0 Å². The Labute approximate surface area is 389 Å². The highest BCUT2D eigenvalue weighted by Gasteiger charge is 2.53. The van der Waals surface area contributed by atoms with Crippen molar-refractivity contribution in [3.63, 3.8) is 0 Å². The van der Waals surface area contributed by atoms with Gasteiger partial charge in [0.25, 0.3) is 0 Å². The smallest absolute Gasteiger partial charge is 0.333 e. The molecule has 1 aromatic heterocycles. The Hall–Kier alpha value is -6.84. The van der Waals surface area contributed by atoms with E-state index in [4.69, 9.17) is 0 Å². The first-order chi connectivity index (χ1) is 31.7. The molecule has 66 heavy (non-hydrogen) atoms. The highest BCUT2D eigenvalue weighted by atomic mass is 15.2. The summed E-state index contributed by atoms with van der Waals surface area (Å²) < 4.78 is 2.83. The van der Waals surface area contributed by atoms with E-state index in [-0.39, 0.29) is 28.5 Å². The van der Waals surface area contributed by atoms with Crippen molar-refractivity contribution < 1.29 is 0 Å². The Kier molecular flexibility index (Phi) is 7.18. The molecule has 2 nitrogen and oxygen atoms in total. The summed E-state index contributed by atoms with van der Waals surface area (Å²) in [6.45, 7) is 21.6. The first-order valence-electron chi connectivity index (χ1n) is 24.1. The van der Waals surface area contributed by atoms with E-state index in [9.17, 15) is 0 Å². The summed E-state index contributed by atoms with van der Waals surface area (Å²) in [7, 11) is 0. The monoisotopic (exact) mass is 848 g/mol. The van der Waals surface area contributed by atoms with Gasteiger partial charge in [-0.25, -0.2) is 0 Å². The summed E-state index contributed by atoms with van der Waals surface area (Å²) in [5, 5.41) is 1.37. The molecule has 0 bridgehead atoms. The minimum atomic E-state index is -0.222. The van der Waals surface area contributed by atoms with Crippen molar-refractivity contribution in [1.82, 2.24) is 4.48 Å². The van der Waals surface area contributed by atoms with E-state index < -0.39 is 0 Å². The van der Waals surface area contributed by atoms with E-state index in [0.29, 0.717) is 0 Å². The molecule has 8 aromatic carbocycles. The average Bonchev–Trinajstić information content (AvgIpc) is 3.95. The molecule has 0 atom stereocenters. The molecular weight excluding hydrogens is 796 g/mol. The fraction of sp³-hybridized carbons (Fsp3) is 0.206. The second kappa shape index (κ2) is 12.3. The standard InChI is InChI=1S/C63H53BN2/c1-60(2,3)37-30-33-50(43(34-37)36-20-11-10-12-21-36)65-51-35-48-52(38-22-13-16-27-44(38)62(48,6)7)54-41-25-19-26-42-55-58(40-24-15-18-29-46(40)63(55,8)9)66(57(41)42)64(56(51)54)49-32-31-47-53(59(49)65)39-23-14-17-28-45(39)61(47,4)5/h10-35H,1-9H3. The van der Waals surface area contributed by atoms with Gasteiger partial charge in [0.2, 0.25) is 0 Å². The molecule has 3 heterocycles. The quantitative estimate of drug-likeness (QED) is 0.157. The fourth-order valence-electron chi connectivity index (χ4n) is 13.8. The van der Waals surface area contributed by atoms with Gasteiger partial charge >= 0.3 is 6.85 Å². The maximum atomic E-state index is 2.83. The van der Waals surface area contributed by atoms with Crippen molar-refractivity contribution in [2.75, 3.05) is 4.90 Å². The first kappa shape index (κ1) is 38.4. The minimum Gasteiger partial charge on any atom is -0.375 e. The molecule has 9 aromatic rings. The molecule has 318 valence electrons. The zero-order valence-corrected chi connectivity index (χ0v) is 39.5. The number of aromatic nitrogens is 1. The molecule has 2 aliphatic heterocycles. The van der Waals surface area contributed by atoms with Crippen molar-refractivity contribution in [3.8, 4) is 55.8 Å². The number of nitrogens with zero attached hydrogens (tertiary/aromatic N) is 2. The van der Waals surface area contributed by atoms with E-state index in [1.165, 1.54) is 134 Å². The highest BCUT2D eigenvalue weighted by Crippen LogP contribution is 2.62. The van der Waals surface area contributed by atoms with Crippen LogP contribution in [0.25, 0.3) is 66.7 Å². The minimum absolute atomic E-state index is 0.0341. The molecule has 14 rings (SSSR count). The molecule has 0 N–H and O–H groups in total. The van der Waals surface area contributed by atoms with Crippen molar-refractivity contribution in [2.24, 2.45) is 0 Å². The normalized spacial score (nSPS) is 16.6. The zero-order chi connectivity index (χ0) is 45.0. The van der Waals surface area contributed by atoms with Gasteiger partial charge < -0.3 is 9.38 Å². The number of rotatable bonds is 2. The molecule has 3 heteroatoms. The van der Waals surface area contributed by atoms with Gasteiger partial charge in [-0.05, 0) is 101 Å². The number of fused-ring (bicyclic) bond motifs is 17. The molecule has 5 aliphatic rings. The Morgan fingerprint density at radius 3 is 1.76 bits per heavy atom. The van der Waals surface area contributed by atoms with Crippen molar-refractivity contribution in [1.29, 1.82) is 0 Å². The molecule has 3 aliphatic carbocycles. The lowest BCUT2D eigenvalue weighted by atomic mass is 9.44. The van der Waals surface area contributed by atoms with Gasteiger partial charge in [0.05, 0.1) is 11.4 Å². The van der Waals surface area contributed by atoms with E-state index in [1.807, 2.05) is 0 Å². The SMILES string of the molecule is CC(C)(C)c1ccc(N2c3cc4c(c5c3B(c3ccc6c(c32)-c2ccccc2C6(C)C)n2c3c(c6cccc-5c62)C(C)(C)c2ccccc2-3)-c2ccccc2C4(C)C)c(-c2ccccc2)c1. The van der Waals surface area contributed by atoms with Crippen LogP contribution in [0.15, 0.2) is 158 Å². The Morgan fingerprint density at radius 1 is 0.455 bits per heavy atom. The third-order valence-corrected chi connectivity index (χ3v) is 16.9. The van der Waals surface area contributed by atoms with E-state index in [0.717, 1.165) is 0 Å². The number of anilines is 3. The van der Waals surface area contributed by atoms with Crippen LogP contribution < -0.4 is 15.8 Å². The van der Waals surface area contributed by atoms with Gasteiger partial charge in [0.15, 0.2) is 0 Å². The van der Waals surface area contributed by atoms with Crippen LogP contribution in [-0.4, -0.2) is 11.3 Å². The topological polar surface area (TPSA) is 8.17 Å². The van der Waals surface area contributed by atoms with Crippen LogP contribution in [0.1, 0.15) is 101 Å². The summed E-state index contributed by atoms with van der Waals surface area (Å²) in [4.78, 5) is 2.75. The van der Waals surface area contributed by atoms with Crippen molar-refractivity contribution >= 4 is 45.7 Å². The molecule has 0 spiro atoms. The van der Waals surface area contributed by atoms with Crippen LogP contribution in [0.2, 0.25) is 0 Å². The third-order valence-electron chi connectivity index (χ3n) is 16.9. The predicted molar refractivity (Wildman–Crippen MR) is 279 cm³/mol. The molecule has 0 saturated heterocycles. The second-order valence-corrected chi connectivity index (χ2v) is 22.4. The molecule has 0 unspecified atom stereocenters. The van der Waals surface area contributed by atoms with Crippen LogP contribution in [0, 0.1) is 0 Å². The van der Waals surface area contributed by atoms with Gasteiger partial charge in [0.1, 0.15) is 0 Å². The number of hydrogen-bond donors (Lipinski definition) is 0. The summed E-state index contributed by atoms with van der Waals surface area (Å²) in [6, 6.07) is 61.2.